The molecule has 1 saturated carbocycles. The summed E-state index contributed by atoms with van der Waals surface area (Å²) in [6, 6.07) is 0. The van der Waals surface area contributed by atoms with Crippen LogP contribution in [0.3, 0.4) is 0 Å². The van der Waals surface area contributed by atoms with Crippen LogP contribution >= 0.6 is 0 Å². The Bertz CT molecular complexity index is 504. The van der Waals surface area contributed by atoms with E-state index in [0.717, 1.165) is 17.8 Å². The standard InChI is InChI=1S/C15H26N4O/c1-10-13(11(2)19(4)18-10)7-8-14(20)17-15(3,9-16)12-5-6-12/h12H,5-9,16H2,1-4H3,(H,17,20). The third-order valence-electron chi connectivity index (χ3n) is 4.59. The molecule has 5 heteroatoms. The molecule has 1 aromatic rings. The van der Waals surface area contributed by atoms with E-state index in [9.17, 15) is 4.79 Å². The first-order valence-electron chi connectivity index (χ1n) is 7.37. The van der Waals surface area contributed by atoms with Crippen LogP contribution in [0.4, 0.5) is 0 Å². The number of carbonyl (C=O) groups is 1. The van der Waals surface area contributed by atoms with Gasteiger partial charge in [-0.15, -0.1) is 0 Å². The number of carbonyl (C=O) groups excluding carboxylic acids is 1. The van der Waals surface area contributed by atoms with Crippen LogP contribution in [-0.4, -0.2) is 27.8 Å². The Labute approximate surface area is 120 Å². The summed E-state index contributed by atoms with van der Waals surface area (Å²) in [6.07, 6.45) is 3.59. The van der Waals surface area contributed by atoms with Gasteiger partial charge in [0.25, 0.3) is 0 Å². The SMILES string of the molecule is Cc1nn(C)c(C)c1CCC(=O)NC(C)(CN)C1CC1. The zero-order valence-corrected chi connectivity index (χ0v) is 13.0. The number of hydrogen-bond donors (Lipinski definition) is 2. The van der Waals surface area contributed by atoms with Crippen molar-refractivity contribution in [2.75, 3.05) is 6.54 Å². The molecule has 5 nitrogen and oxygen atoms in total. The van der Waals surface area contributed by atoms with Crippen LogP contribution in [0.15, 0.2) is 0 Å². The van der Waals surface area contributed by atoms with Crippen molar-refractivity contribution in [3.8, 4) is 0 Å². The van der Waals surface area contributed by atoms with Crippen molar-refractivity contribution < 1.29 is 4.79 Å². The molecule has 1 aliphatic rings. The first kappa shape index (κ1) is 15.0. The molecule has 1 heterocycles. The van der Waals surface area contributed by atoms with Crippen LogP contribution < -0.4 is 11.1 Å². The molecule has 1 unspecified atom stereocenters. The molecule has 1 atom stereocenters. The van der Waals surface area contributed by atoms with Gasteiger partial charge in [-0.2, -0.15) is 5.10 Å². The maximum absolute atomic E-state index is 12.2. The Hall–Kier alpha value is -1.36. The number of aryl methyl sites for hydroxylation is 2. The summed E-state index contributed by atoms with van der Waals surface area (Å²) in [5.74, 6) is 0.644. The van der Waals surface area contributed by atoms with Crippen LogP contribution in [0.2, 0.25) is 0 Å². The van der Waals surface area contributed by atoms with E-state index in [1.165, 1.54) is 18.4 Å². The van der Waals surface area contributed by atoms with Crippen molar-refractivity contribution >= 4 is 5.91 Å². The van der Waals surface area contributed by atoms with Gasteiger partial charge in [0.1, 0.15) is 0 Å². The third-order valence-corrected chi connectivity index (χ3v) is 4.59. The Morgan fingerprint density at radius 2 is 2.15 bits per heavy atom. The molecule has 0 saturated heterocycles. The van der Waals surface area contributed by atoms with E-state index in [0.29, 0.717) is 18.9 Å². The number of nitrogens with one attached hydrogen (secondary N) is 1. The number of aromatic nitrogens is 2. The van der Waals surface area contributed by atoms with Gasteiger partial charge in [0, 0.05) is 25.7 Å². The maximum Gasteiger partial charge on any atom is 0.220 e. The van der Waals surface area contributed by atoms with Gasteiger partial charge in [-0.1, -0.05) is 0 Å². The lowest BCUT2D eigenvalue weighted by Crippen LogP contribution is -2.53. The van der Waals surface area contributed by atoms with E-state index in [2.05, 4.69) is 17.3 Å². The van der Waals surface area contributed by atoms with Gasteiger partial charge in [0.2, 0.25) is 5.91 Å². The average Bonchev–Trinajstić information content (AvgIpc) is 3.19. The summed E-state index contributed by atoms with van der Waals surface area (Å²) in [5.41, 5.74) is 8.94. The van der Waals surface area contributed by atoms with Crippen molar-refractivity contribution in [2.45, 2.75) is 52.0 Å². The van der Waals surface area contributed by atoms with Crippen LogP contribution in [0.5, 0.6) is 0 Å². The lowest BCUT2D eigenvalue weighted by molar-refractivity contribution is -0.123. The fourth-order valence-electron chi connectivity index (χ4n) is 2.84. The molecular weight excluding hydrogens is 252 g/mol. The number of rotatable bonds is 6. The lowest BCUT2D eigenvalue weighted by atomic mass is 9.95. The second-order valence-electron chi connectivity index (χ2n) is 6.22. The predicted molar refractivity (Wildman–Crippen MR) is 79.3 cm³/mol. The number of nitrogens with zero attached hydrogens (tertiary/aromatic N) is 2. The minimum atomic E-state index is -0.226. The Morgan fingerprint density at radius 1 is 1.50 bits per heavy atom. The number of nitrogens with two attached hydrogens (primary N) is 1. The summed E-state index contributed by atoms with van der Waals surface area (Å²) in [4.78, 5) is 12.2. The quantitative estimate of drug-likeness (QED) is 0.821. The van der Waals surface area contributed by atoms with E-state index >= 15 is 0 Å². The lowest BCUT2D eigenvalue weighted by Gasteiger charge is -2.29. The fourth-order valence-corrected chi connectivity index (χ4v) is 2.84. The van der Waals surface area contributed by atoms with Crippen LogP contribution in [-0.2, 0) is 18.3 Å². The highest BCUT2D eigenvalue weighted by Gasteiger charge is 2.41. The molecule has 0 aromatic carbocycles. The molecule has 0 aliphatic heterocycles. The summed E-state index contributed by atoms with van der Waals surface area (Å²) < 4.78 is 1.87. The van der Waals surface area contributed by atoms with Gasteiger partial charge in [-0.3, -0.25) is 9.48 Å². The molecule has 1 aromatic heterocycles. The summed E-state index contributed by atoms with van der Waals surface area (Å²) in [7, 11) is 1.94. The highest BCUT2D eigenvalue weighted by molar-refractivity contribution is 5.77. The fraction of sp³-hybridized carbons (Fsp3) is 0.733. The van der Waals surface area contributed by atoms with Crippen molar-refractivity contribution in [3.63, 3.8) is 0 Å². The molecule has 0 radical (unpaired) electrons. The van der Waals surface area contributed by atoms with Gasteiger partial charge >= 0.3 is 0 Å². The molecule has 0 bridgehead atoms. The largest absolute Gasteiger partial charge is 0.349 e. The molecule has 112 valence electrons. The van der Waals surface area contributed by atoms with Gasteiger partial charge in [0.15, 0.2) is 0 Å². The zero-order chi connectivity index (χ0) is 14.9. The van der Waals surface area contributed by atoms with Gasteiger partial charge in [-0.05, 0) is 51.5 Å². The Morgan fingerprint density at radius 3 is 2.60 bits per heavy atom. The molecule has 20 heavy (non-hydrogen) atoms. The molecule has 1 aliphatic carbocycles. The Kier molecular flexibility index (Phi) is 4.18. The first-order valence-corrected chi connectivity index (χ1v) is 7.37. The minimum Gasteiger partial charge on any atom is -0.349 e. The highest BCUT2D eigenvalue weighted by Crippen LogP contribution is 2.39. The van der Waals surface area contributed by atoms with Crippen molar-refractivity contribution in [1.29, 1.82) is 0 Å². The summed E-state index contributed by atoms with van der Waals surface area (Å²) >= 11 is 0. The van der Waals surface area contributed by atoms with E-state index in [1.54, 1.807) is 0 Å². The summed E-state index contributed by atoms with van der Waals surface area (Å²) in [5, 5.41) is 7.51. The average molecular weight is 278 g/mol. The summed E-state index contributed by atoms with van der Waals surface area (Å²) in [6.45, 7) is 6.60. The van der Waals surface area contributed by atoms with E-state index in [4.69, 9.17) is 5.73 Å². The molecular formula is C15H26N4O. The van der Waals surface area contributed by atoms with Gasteiger partial charge < -0.3 is 11.1 Å². The maximum atomic E-state index is 12.2. The second-order valence-corrected chi connectivity index (χ2v) is 6.22. The monoisotopic (exact) mass is 278 g/mol. The smallest absolute Gasteiger partial charge is 0.220 e. The van der Waals surface area contributed by atoms with E-state index < -0.39 is 0 Å². The van der Waals surface area contributed by atoms with Gasteiger partial charge in [-0.25, -0.2) is 0 Å². The van der Waals surface area contributed by atoms with E-state index in [-0.39, 0.29) is 11.4 Å². The van der Waals surface area contributed by atoms with Crippen molar-refractivity contribution in [3.05, 3.63) is 17.0 Å². The topological polar surface area (TPSA) is 72.9 Å². The molecule has 1 amide bonds. The molecule has 1 fully saturated rings. The second kappa shape index (κ2) is 5.56. The predicted octanol–water partition coefficient (Wildman–Crippen LogP) is 1.21. The minimum absolute atomic E-state index is 0.0903. The normalized spacial score (nSPS) is 17.9. The van der Waals surface area contributed by atoms with Crippen LogP contribution in [0, 0.1) is 19.8 Å². The first-order chi connectivity index (χ1) is 9.37. The van der Waals surface area contributed by atoms with Gasteiger partial charge in [0.05, 0.1) is 11.2 Å². The zero-order valence-electron chi connectivity index (χ0n) is 13.0. The number of hydrogen-bond acceptors (Lipinski definition) is 3. The van der Waals surface area contributed by atoms with Crippen molar-refractivity contribution in [1.82, 2.24) is 15.1 Å². The van der Waals surface area contributed by atoms with Crippen LogP contribution in [0.25, 0.3) is 0 Å². The Balaban J connectivity index is 1.92. The highest BCUT2D eigenvalue weighted by atomic mass is 16.1. The van der Waals surface area contributed by atoms with Crippen LogP contribution in [0.1, 0.15) is 43.1 Å². The molecule has 3 N–H and O–H groups in total. The molecule has 0 spiro atoms. The van der Waals surface area contributed by atoms with E-state index in [1.807, 2.05) is 25.6 Å². The third kappa shape index (κ3) is 3.03. The molecule has 2 rings (SSSR count). The van der Waals surface area contributed by atoms with Crippen molar-refractivity contribution in [2.24, 2.45) is 18.7 Å². The number of amides is 1.